The Bertz CT molecular complexity index is 602. The predicted octanol–water partition coefficient (Wildman–Crippen LogP) is 4.58. The Kier molecular flexibility index (Phi) is 4.40. The van der Waals surface area contributed by atoms with Gasteiger partial charge in [0.15, 0.2) is 0 Å². The van der Waals surface area contributed by atoms with E-state index >= 15 is 0 Å². The van der Waals surface area contributed by atoms with Crippen molar-refractivity contribution in [3.63, 3.8) is 0 Å². The molecule has 0 fully saturated rings. The SMILES string of the molecule is CNC(c1ccc(Cl)c(Cl)c1)c1cc(F)ccc1F. The van der Waals surface area contributed by atoms with Crippen LogP contribution in [0.1, 0.15) is 17.2 Å². The summed E-state index contributed by atoms with van der Waals surface area (Å²) in [5, 5.41) is 3.73. The van der Waals surface area contributed by atoms with Crippen LogP contribution in [0.3, 0.4) is 0 Å². The van der Waals surface area contributed by atoms with Gasteiger partial charge in [-0.25, -0.2) is 8.78 Å². The smallest absolute Gasteiger partial charge is 0.128 e. The topological polar surface area (TPSA) is 12.0 Å². The van der Waals surface area contributed by atoms with Crippen molar-refractivity contribution in [2.75, 3.05) is 7.05 Å². The molecule has 0 aliphatic rings. The number of hydrogen-bond acceptors (Lipinski definition) is 1. The van der Waals surface area contributed by atoms with Crippen molar-refractivity contribution in [2.24, 2.45) is 0 Å². The van der Waals surface area contributed by atoms with E-state index in [1.165, 1.54) is 6.07 Å². The molecule has 0 saturated carbocycles. The second kappa shape index (κ2) is 5.87. The summed E-state index contributed by atoms with van der Waals surface area (Å²) in [7, 11) is 1.66. The largest absolute Gasteiger partial charge is 0.309 e. The van der Waals surface area contributed by atoms with Crippen molar-refractivity contribution in [3.8, 4) is 0 Å². The minimum absolute atomic E-state index is 0.223. The number of nitrogens with one attached hydrogen (secondary N) is 1. The molecule has 5 heteroatoms. The minimum Gasteiger partial charge on any atom is -0.309 e. The Labute approximate surface area is 120 Å². The first-order valence-corrected chi connectivity index (χ1v) is 6.35. The molecule has 2 rings (SSSR count). The van der Waals surface area contributed by atoms with E-state index in [9.17, 15) is 8.78 Å². The van der Waals surface area contributed by atoms with Crippen molar-refractivity contribution < 1.29 is 8.78 Å². The molecule has 1 nitrogen and oxygen atoms in total. The second-order valence-electron chi connectivity index (χ2n) is 4.06. The van der Waals surface area contributed by atoms with Gasteiger partial charge in [-0.15, -0.1) is 0 Å². The Morgan fingerprint density at radius 2 is 1.74 bits per heavy atom. The van der Waals surface area contributed by atoms with Crippen molar-refractivity contribution in [1.82, 2.24) is 5.32 Å². The molecule has 0 aromatic heterocycles. The Morgan fingerprint density at radius 1 is 1.00 bits per heavy atom. The standard InChI is InChI=1S/C14H11Cl2F2N/c1-19-14(8-2-4-11(15)12(16)6-8)10-7-9(17)3-5-13(10)18/h2-7,14,19H,1H3. The van der Waals surface area contributed by atoms with Crippen LogP contribution in [0.4, 0.5) is 8.78 Å². The lowest BCUT2D eigenvalue weighted by molar-refractivity contribution is 0.558. The van der Waals surface area contributed by atoms with Gasteiger partial charge in [-0.3, -0.25) is 0 Å². The van der Waals surface area contributed by atoms with Crippen molar-refractivity contribution in [2.45, 2.75) is 6.04 Å². The molecule has 0 heterocycles. The van der Waals surface area contributed by atoms with Crippen LogP contribution in [0.5, 0.6) is 0 Å². The Hall–Kier alpha value is -1.16. The van der Waals surface area contributed by atoms with E-state index in [0.29, 0.717) is 15.6 Å². The monoisotopic (exact) mass is 301 g/mol. The second-order valence-corrected chi connectivity index (χ2v) is 4.88. The van der Waals surface area contributed by atoms with Crippen LogP contribution in [0, 0.1) is 11.6 Å². The van der Waals surface area contributed by atoms with Crippen molar-refractivity contribution >= 4 is 23.2 Å². The summed E-state index contributed by atoms with van der Waals surface area (Å²) in [6.07, 6.45) is 0. The van der Waals surface area contributed by atoms with Gasteiger partial charge in [0, 0.05) is 5.56 Å². The third-order valence-corrected chi connectivity index (χ3v) is 3.57. The summed E-state index contributed by atoms with van der Waals surface area (Å²) in [6, 6.07) is 7.84. The van der Waals surface area contributed by atoms with Crippen molar-refractivity contribution in [3.05, 3.63) is 69.2 Å². The molecule has 1 unspecified atom stereocenters. The van der Waals surface area contributed by atoms with Crippen LogP contribution >= 0.6 is 23.2 Å². The molecule has 0 radical (unpaired) electrons. The van der Waals surface area contributed by atoms with E-state index in [1.54, 1.807) is 25.2 Å². The first-order valence-electron chi connectivity index (χ1n) is 5.60. The molecule has 0 aliphatic heterocycles. The maximum Gasteiger partial charge on any atom is 0.128 e. The van der Waals surface area contributed by atoms with E-state index in [2.05, 4.69) is 5.32 Å². The van der Waals surface area contributed by atoms with E-state index in [0.717, 1.165) is 12.1 Å². The van der Waals surface area contributed by atoms with Gasteiger partial charge in [-0.1, -0.05) is 29.3 Å². The molecule has 0 amide bonds. The van der Waals surface area contributed by atoms with Crippen LogP contribution in [0.25, 0.3) is 0 Å². The van der Waals surface area contributed by atoms with Crippen LogP contribution in [0.15, 0.2) is 36.4 Å². The average molecular weight is 302 g/mol. The first kappa shape index (κ1) is 14.3. The fourth-order valence-electron chi connectivity index (χ4n) is 1.93. The van der Waals surface area contributed by atoms with Gasteiger partial charge in [0.25, 0.3) is 0 Å². The molecule has 0 saturated heterocycles. The summed E-state index contributed by atoms with van der Waals surface area (Å²) in [5.74, 6) is -0.969. The van der Waals surface area contributed by atoms with Gasteiger partial charge >= 0.3 is 0 Å². The molecule has 19 heavy (non-hydrogen) atoms. The van der Waals surface area contributed by atoms with E-state index in [1.807, 2.05) is 0 Å². The molecular weight excluding hydrogens is 291 g/mol. The highest BCUT2D eigenvalue weighted by molar-refractivity contribution is 6.42. The van der Waals surface area contributed by atoms with Gasteiger partial charge in [0.2, 0.25) is 0 Å². The third kappa shape index (κ3) is 3.06. The summed E-state index contributed by atoms with van der Waals surface area (Å²) < 4.78 is 27.1. The summed E-state index contributed by atoms with van der Waals surface area (Å²) >= 11 is 11.8. The first-order chi connectivity index (χ1) is 9.02. The minimum atomic E-state index is -0.495. The van der Waals surface area contributed by atoms with Gasteiger partial charge in [0.05, 0.1) is 16.1 Å². The number of benzene rings is 2. The van der Waals surface area contributed by atoms with E-state index in [-0.39, 0.29) is 5.56 Å². The lowest BCUT2D eigenvalue weighted by Crippen LogP contribution is -2.19. The van der Waals surface area contributed by atoms with Gasteiger partial charge in [-0.05, 0) is 42.9 Å². The zero-order valence-electron chi connectivity index (χ0n) is 10.1. The van der Waals surface area contributed by atoms with Crippen molar-refractivity contribution in [1.29, 1.82) is 0 Å². The maximum atomic E-state index is 13.8. The molecule has 100 valence electrons. The van der Waals surface area contributed by atoms with Crippen LogP contribution in [0.2, 0.25) is 10.0 Å². The summed E-state index contributed by atoms with van der Waals surface area (Å²) in [4.78, 5) is 0. The molecule has 2 aromatic rings. The molecule has 1 N–H and O–H groups in total. The normalized spacial score (nSPS) is 12.5. The van der Waals surface area contributed by atoms with Gasteiger partial charge in [-0.2, -0.15) is 0 Å². The number of halogens is 4. The third-order valence-electron chi connectivity index (χ3n) is 2.83. The van der Waals surface area contributed by atoms with Crippen LogP contribution in [-0.2, 0) is 0 Å². The molecule has 0 aliphatic carbocycles. The lowest BCUT2D eigenvalue weighted by Gasteiger charge is -2.18. The van der Waals surface area contributed by atoms with E-state index < -0.39 is 17.7 Å². The Morgan fingerprint density at radius 3 is 2.37 bits per heavy atom. The van der Waals surface area contributed by atoms with Crippen LogP contribution < -0.4 is 5.32 Å². The fourth-order valence-corrected chi connectivity index (χ4v) is 2.24. The quantitative estimate of drug-likeness (QED) is 0.875. The molecule has 0 bridgehead atoms. The van der Waals surface area contributed by atoms with Crippen LogP contribution in [-0.4, -0.2) is 7.05 Å². The number of rotatable bonds is 3. The molecular formula is C14H11Cl2F2N. The zero-order chi connectivity index (χ0) is 14.0. The average Bonchev–Trinajstić information content (AvgIpc) is 2.38. The molecule has 0 spiro atoms. The highest BCUT2D eigenvalue weighted by atomic mass is 35.5. The van der Waals surface area contributed by atoms with Gasteiger partial charge < -0.3 is 5.32 Å². The Balaban J connectivity index is 2.49. The number of hydrogen-bond donors (Lipinski definition) is 1. The highest BCUT2D eigenvalue weighted by Gasteiger charge is 2.17. The predicted molar refractivity (Wildman–Crippen MR) is 73.7 cm³/mol. The molecule has 2 aromatic carbocycles. The fraction of sp³-hybridized carbons (Fsp3) is 0.143. The molecule has 1 atom stereocenters. The maximum absolute atomic E-state index is 13.8. The zero-order valence-corrected chi connectivity index (χ0v) is 11.6. The highest BCUT2D eigenvalue weighted by Crippen LogP contribution is 2.30. The van der Waals surface area contributed by atoms with E-state index in [4.69, 9.17) is 23.2 Å². The lowest BCUT2D eigenvalue weighted by atomic mass is 9.98. The van der Waals surface area contributed by atoms with Gasteiger partial charge in [0.1, 0.15) is 11.6 Å². The summed E-state index contributed by atoms with van der Waals surface area (Å²) in [5.41, 5.74) is 0.933. The summed E-state index contributed by atoms with van der Waals surface area (Å²) in [6.45, 7) is 0.